The maximum atomic E-state index is 13.4. The fourth-order valence-corrected chi connectivity index (χ4v) is 4.27. The normalized spacial score (nSPS) is 15.7. The number of likely N-dealkylation sites (tertiary alicyclic amines) is 1. The smallest absolute Gasteiger partial charge is 0.317 e. The van der Waals surface area contributed by atoms with E-state index in [1.54, 1.807) is 18.5 Å². The van der Waals surface area contributed by atoms with Gasteiger partial charge in [0.05, 0.1) is 6.04 Å². The van der Waals surface area contributed by atoms with Gasteiger partial charge in [0, 0.05) is 31.9 Å². The summed E-state index contributed by atoms with van der Waals surface area (Å²) in [6, 6.07) is 14.8. The van der Waals surface area contributed by atoms with Gasteiger partial charge >= 0.3 is 6.03 Å². The molecule has 0 bridgehead atoms. The summed E-state index contributed by atoms with van der Waals surface area (Å²) in [5.41, 5.74) is 3.23. The molecule has 1 fully saturated rings. The number of hydrogen-bond acceptors (Lipinski definition) is 2. The molecule has 1 aliphatic rings. The number of aryl methyl sites for hydroxylation is 1. The number of imidazole rings is 1. The van der Waals surface area contributed by atoms with Gasteiger partial charge in [0.2, 0.25) is 0 Å². The second-order valence-electron chi connectivity index (χ2n) is 7.91. The van der Waals surface area contributed by atoms with Crippen molar-refractivity contribution >= 4 is 6.03 Å². The number of hydrogen-bond donors (Lipinski definition) is 2. The van der Waals surface area contributed by atoms with Gasteiger partial charge in [-0.25, -0.2) is 14.2 Å². The molecular weight excluding hydrogens is 379 g/mol. The number of amides is 2. The van der Waals surface area contributed by atoms with Crippen LogP contribution in [-0.4, -0.2) is 34.0 Å². The Kier molecular flexibility index (Phi) is 6.12. The van der Waals surface area contributed by atoms with Gasteiger partial charge in [-0.3, -0.25) is 0 Å². The first-order valence-corrected chi connectivity index (χ1v) is 10.4. The highest BCUT2D eigenvalue weighted by molar-refractivity contribution is 5.75. The summed E-state index contributed by atoms with van der Waals surface area (Å²) in [6.45, 7) is 3.34. The third-order valence-corrected chi connectivity index (χ3v) is 5.91. The van der Waals surface area contributed by atoms with E-state index in [9.17, 15) is 9.18 Å². The lowest BCUT2D eigenvalue weighted by molar-refractivity contribution is 0.177. The van der Waals surface area contributed by atoms with Crippen LogP contribution >= 0.6 is 0 Å². The van der Waals surface area contributed by atoms with E-state index in [-0.39, 0.29) is 17.9 Å². The van der Waals surface area contributed by atoms with E-state index in [1.807, 2.05) is 48.2 Å². The van der Waals surface area contributed by atoms with Crippen LogP contribution in [0.1, 0.15) is 47.3 Å². The van der Waals surface area contributed by atoms with Gasteiger partial charge in [-0.1, -0.05) is 36.4 Å². The summed E-state index contributed by atoms with van der Waals surface area (Å²) in [4.78, 5) is 22.3. The molecule has 0 radical (unpaired) electrons. The molecule has 156 valence electrons. The molecule has 2 heterocycles. The molecule has 1 atom stereocenters. The molecule has 2 N–H and O–H groups in total. The Hall–Kier alpha value is -3.15. The molecule has 1 saturated heterocycles. The number of halogens is 1. The number of piperidine rings is 1. The number of benzene rings is 2. The minimum Gasteiger partial charge on any atom is -0.349 e. The Labute approximate surface area is 176 Å². The number of aromatic nitrogens is 2. The number of aromatic amines is 1. The average molecular weight is 407 g/mol. The number of nitrogens with one attached hydrogen (secondary N) is 2. The zero-order valence-electron chi connectivity index (χ0n) is 17.1. The van der Waals surface area contributed by atoms with Crippen molar-refractivity contribution in [2.45, 2.75) is 38.1 Å². The van der Waals surface area contributed by atoms with E-state index in [1.165, 1.54) is 11.6 Å². The number of H-pyrrole nitrogens is 1. The van der Waals surface area contributed by atoms with E-state index in [2.05, 4.69) is 15.3 Å². The van der Waals surface area contributed by atoms with Crippen molar-refractivity contribution in [2.75, 3.05) is 13.1 Å². The molecule has 6 heteroatoms. The molecule has 1 aromatic heterocycles. The van der Waals surface area contributed by atoms with E-state index in [0.29, 0.717) is 25.4 Å². The highest BCUT2D eigenvalue weighted by atomic mass is 19.1. The average Bonchev–Trinajstić information content (AvgIpc) is 3.27. The van der Waals surface area contributed by atoms with Crippen molar-refractivity contribution in [3.63, 3.8) is 0 Å². The summed E-state index contributed by atoms with van der Waals surface area (Å²) in [5.74, 6) is 1.01. The van der Waals surface area contributed by atoms with Crippen LogP contribution in [0.4, 0.5) is 9.18 Å². The number of rotatable bonds is 5. The van der Waals surface area contributed by atoms with Crippen LogP contribution < -0.4 is 5.32 Å². The van der Waals surface area contributed by atoms with Gasteiger partial charge in [0.15, 0.2) is 0 Å². The zero-order chi connectivity index (χ0) is 20.9. The molecule has 2 aromatic carbocycles. The highest BCUT2D eigenvalue weighted by Crippen LogP contribution is 2.30. The van der Waals surface area contributed by atoms with Crippen molar-refractivity contribution in [3.05, 3.63) is 89.3 Å². The third-order valence-electron chi connectivity index (χ3n) is 5.91. The Morgan fingerprint density at radius 3 is 2.67 bits per heavy atom. The quantitative estimate of drug-likeness (QED) is 0.643. The Morgan fingerprint density at radius 1 is 1.23 bits per heavy atom. The Bertz CT molecular complexity index is 966. The molecule has 4 rings (SSSR count). The molecule has 0 saturated carbocycles. The van der Waals surface area contributed by atoms with Crippen molar-refractivity contribution in [1.82, 2.24) is 20.2 Å². The molecule has 5 nitrogen and oxygen atoms in total. The van der Waals surface area contributed by atoms with Crippen LogP contribution in [-0.2, 0) is 6.42 Å². The van der Waals surface area contributed by atoms with Gasteiger partial charge in [-0.2, -0.15) is 0 Å². The zero-order valence-corrected chi connectivity index (χ0v) is 17.1. The monoisotopic (exact) mass is 406 g/mol. The molecule has 0 spiro atoms. The number of urea groups is 1. The standard InChI is InChI=1S/C24H27FN4O/c1-17-15-20(25)7-8-21(17)18-9-13-29(14-10-18)24(30)28-22(16-23-26-11-12-27-23)19-5-3-2-4-6-19/h2-8,11-12,15,18,22H,9-10,13-14,16H2,1H3,(H,26,27)(H,28,30). The molecule has 0 aliphatic carbocycles. The predicted molar refractivity (Wildman–Crippen MR) is 115 cm³/mol. The Balaban J connectivity index is 1.40. The van der Waals surface area contributed by atoms with Crippen molar-refractivity contribution in [3.8, 4) is 0 Å². The summed E-state index contributed by atoms with van der Waals surface area (Å²) in [6.07, 6.45) is 5.89. The summed E-state index contributed by atoms with van der Waals surface area (Å²) in [7, 11) is 0. The lowest BCUT2D eigenvalue weighted by atomic mass is 9.87. The number of carbonyl (C=O) groups excluding carboxylic acids is 1. The highest BCUT2D eigenvalue weighted by Gasteiger charge is 2.26. The topological polar surface area (TPSA) is 61.0 Å². The van der Waals surface area contributed by atoms with Gasteiger partial charge in [-0.05, 0) is 54.5 Å². The lowest BCUT2D eigenvalue weighted by Gasteiger charge is -2.34. The van der Waals surface area contributed by atoms with Crippen LogP contribution in [0.5, 0.6) is 0 Å². The third kappa shape index (κ3) is 4.70. The van der Waals surface area contributed by atoms with Gasteiger partial charge in [0.25, 0.3) is 0 Å². The molecule has 2 amide bonds. The van der Waals surface area contributed by atoms with Gasteiger partial charge < -0.3 is 15.2 Å². The van der Waals surface area contributed by atoms with E-state index in [4.69, 9.17) is 0 Å². The largest absolute Gasteiger partial charge is 0.349 e. The predicted octanol–water partition coefficient (Wildman–Crippen LogP) is 4.73. The van der Waals surface area contributed by atoms with Crippen LogP contribution in [0.15, 0.2) is 60.9 Å². The Morgan fingerprint density at radius 2 is 2.00 bits per heavy atom. The SMILES string of the molecule is Cc1cc(F)ccc1C1CCN(C(=O)NC(Cc2ncc[nH]2)c2ccccc2)CC1. The second kappa shape index (κ2) is 9.11. The number of carbonyl (C=O) groups is 1. The lowest BCUT2D eigenvalue weighted by Crippen LogP contribution is -2.45. The summed E-state index contributed by atoms with van der Waals surface area (Å²) < 4.78 is 13.4. The fraction of sp³-hybridized carbons (Fsp3) is 0.333. The summed E-state index contributed by atoms with van der Waals surface area (Å²) in [5, 5.41) is 3.19. The van der Waals surface area contributed by atoms with Crippen molar-refractivity contribution in [2.24, 2.45) is 0 Å². The maximum absolute atomic E-state index is 13.4. The van der Waals surface area contributed by atoms with Crippen LogP contribution in [0, 0.1) is 12.7 Å². The first kappa shape index (κ1) is 20.1. The molecule has 30 heavy (non-hydrogen) atoms. The molecule has 1 aliphatic heterocycles. The molecule has 1 unspecified atom stereocenters. The second-order valence-corrected chi connectivity index (χ2v) is 7.91. The van der Waals surface area contributed by atoms with E-state index < -0.39 is 0 Å². The van der Waals surface area contributed by atoms with Gasteiger partial charge in [0.1, 0.15) is 11.6 Å². The minimum absolute atomic E-state index is 0.0512. The van der Waals surface area contributed by atoms with Crippen LogP contribution in [0.2, 0.25) is 0 Å². The first-order chi connectivity index (χ1) is 14.6. The molecule has 3 aromatic rings. The van der Waals surface area contributed by atoms with Crippen molar-refractivity contribution < 1.29 is 9.18 Å². The van der Waals surface area contributed by atoms with E-state index in [0.717, 1.165) is 29.8 Å². The van der Waals surface area contributed by atoms with Gasteiger partial charge in [-0.15, -0.1) is 0 Å². The van der Waals surface area contributed by atoms with E-state index >= 15 is 0 Å². The molecular formula is C24H27FN4O. The fourth-order valence-electron chi connectivity index (χ4n) is 4.27. The minimum atomic E-state index is -0.198. The summed E-state index contributed by atoms with van der Waals surface area (Å²) >= 11 is 0. The van der Waals surface area contributed by atoms with Crippen molar-refractivity contribution in [1.29, 1.82) is 0 Å². The maximum Gasteiger partial charge on any atom is 0.317 e. The van der Waals surface area contributed by atoms with Crippen LogP contribution in [0.3, 0.4) is 0 Å². The van der Waals surface area contributed by atoms with Crippen LogP contribution in [0.25, 0.3) is 0 Å². The first-order valence-electron chi connectivity index (χ1n) is 10.4. The number of nitrogens with zero attached hydrogens (tertiary/aromatic N) is 2.